The lowest BCUT2D eigenvalue weighted by Gasteiger charge is -2.48. The van der Waals surface area contributed by atoms with Crippen molar-refractivity contribution in [1.29, 1.82) is 0 Å². The molecule has 0 aromatic heterocycles. The van der Waals surface area contributed by atoms with Gasteiger partial charge in [0.05, 0.1) is 24.7 Å². The number of carbonyl (C=O) groups excluding carboxylic acids is 1. The van der Waals surface area contributed by atoms with E-state index in [0.29, 0.717) is 24.4 Å². The average molecular weight is 541 g/mol. The van der Waals surface area contributed by atoms with Gasteiger partial charge in [0.2, 0.25) is 5.91 Å². The largest absolute Gasteiger partial charge is 0.492 e. The van der Waals surface area contributed by atoms with Crippen molar-refractivity contribution in [3.63, 3.8) is 0 Å². The number of amides is 1. The number of nitrogens with zero attached hydrogens (tertiary/aromatic N) is 1. The Morgan fingerprint density at radius 3 is 2.56 bits per heavy atom. The van der Waals surface area contributed by atoms with E-state index in [1.807, 2.05) is 0 Å². The highest BCUT2D eigenvalue weighted by Gasteiger charge is 2.54. The highest BCUT2D eigenvalue weighted by Crippen LogP contribution is 2.56. The molecule has 39 heavy (non-hydrogen) atoms. The molecule has 7 rings (SSSR count). The molecular formula is C32H48N2O5. The Balaban J connectivity index is 1.04. The van der Waals surface area contributed by atoms with Crippen molar-refractivity contribution >= 4 is 5.91 Å². The molecule has 7 nitrogen and oxygen atoms in total. The lowest BCUT2D eigenvalue weighted by atomic mass is 9.56. The van der Waals surface area contributed by atoms with Gasteiger partial charge in [-0.25, -0.2) is 9.78 Å². The predicted molar refractivity (Wildman–Crippen MR) is 150 cm³/mol. The minimum Gasteiger partial charge on any atom is -0.492 e. The molecule has 6 fully saturated rings. The molecule has 1 aromatic carbocycles. The number of morpholine rings is 1. The number of carbonyl (C=O) groups is 1. The molecular weight excluding hydrogens is 492 g/mol. The SMILES string of the molecule is CCCNC(=O)C12CC3CC(CC4(CCC(c5ccc(OCCN6CCOCC6)cc5)CC4)OOC(C3)C1)C2. The summed E-state index contributed by atoms with van der Waals surface area (Å²) in [6.07, 6.45) is 11.4. The molecule has 3 saturated carbocycles. The normalized spacial score (nSPS) is 36.7. The smallest absolute Gasteiger partial charge is 0.226 e. The maximum Gasteiger partial charge on any atom is 0.226 e. The molecule has 4 bridgehead atoms. The van der Waals surface area contributed by atoms with Gasteiger partial charge in [-0.15, -0.1) is 0 Å². The van der Waals surface area contributed by atoms with Crippen LogP contribution in [0.2, 0.25) is 0 Å². The van der Waals surface area contributed by atoms with Crippen LogP contribution >= 0.6 is 0 Å². The Labute approximate surface area is 234 Å². The summed E-state index contributed by atoms with van der Waals surface area (Å²) in [5.74, 6) is 2.90. The van der Waals surface area contributed by atoms with Crippen molar-refractivity contribution < 1.29 is 24.0 Å². The number of hydrogen-bond acceptors (Lipinski definition) is 6. The number of ether oxygens (including phenoxy) is 2. The van der Waals surface area contributed by atoms with Gasteiger partial charge in [-0.3, -0.25) is 9.69 Å². The summed E-state index contributed by atoms with van der Waals surface area (Å²) < 4.78 is 11.5. The fraction of sp³-hybridized carbons (Fsp3) is 0.781. The monoisotopic (exact) mass is 540 g/mol. The number of hydrogen-bond donors (Lipinski definition) is 1. The van der Waals surface area contributed by atoms with E-state index >= 15 is 0 Å². The second kappa shape index (κ2) is 12.1. The van der Waals surface area contributed by atoms with E-state index in [9.17, 15) is 4.79 Å². The summed E-state index contributed by atoms with van der Waals surface area (Å²) >= 11 is 0. The van der Waals surface area contributed by atoms with E-state index in [1.165, 1.54) is 12.0 Å². The van der Waals surface area contributed by atoms with Gasteiger partial charge in [0.25, 0.3) is 0 Å². The third-order valence-electron chi connectivity index (χ3n) is 10.3. The van der Waals surface area contributed by atoms with Gasteiger partial charge in [-0.2, -0.15) is 0 Å². The number of benzene rings is 1. The third-order valence-corrected chi connectivity index (χ3v) is 10.3. The quantitative estimate of drug-likeness (QED) is 0.455. The number of nitrogens with one attached hydrogen (secondary N) is 1. The summed E-state index contributed by atoms with van der Waals surface area (Å²) in [7, 11) is 0. The second-order valence-corrected chi connectivity index (χ2v) is 13.2. The van der Waals surface area contributed by atoms with Gasteiger partial charge in [-0.05, 0) is 106 Å². The van der Waals surface area contributed by atoms with E-state index in [-0.39, 0.29) is 23.0 Å². The lowest BCUT2D eigenvalue weighted by Crippen LogP contribution is -2.51. The molecule has 4 atom stereocenters. The molecule has 3 heterocycles. The molecule has 3 aliphatic carbocycles. The molecule has 7 heteroatoms. The maximum atomic E-state index is 13.3. The molecule has 1 aromatic rings. The fourth-order valence-electron chi connectivity index (χ4n) is 8.45. The van der Waals surface area contributed by atoms with E-state index < -0.39 is 0 Å². The van der Waals surface area contributed by atoms with Crippen molar-refractivity contribution in [3.05, 3.63) is 29.8 Å². The van der Waals surface area contributed by atoms with E-state index in [1.54, 1.807) is 0 Å². The van der Waals surface area contributed by atoms with Gasteiger partial charge in [-0.1, -0.05) is 19.1 Å². The Morgan fingerprint density at radius 1 is 1.03 bits per heavy atom. The molecule has 216 valence electrons. The summed E-state index contributed by atoms with van der Waals surface area (Å²) in [4.78, 5) is 28.4. The Hall–Kier alpha value is -1.67. The first-order valence-electron chi connectivity index (χ1n) is 15.7. The van der Waals surface area contributed by atoms with Crippen LogP contribution in [0.1, 0.15) is 89.0 Å². The summed E-state index contributed by atoms with van der Waals surface area (Å²) in [5, 5.41) is 3.23. The summed E-state index contributed by atoms with van der Waals surface area (Å²) in [5.41, 5.74) is 0.939. The summed E-state index contributed by atoms with van der Waals surface area (Å²) in [6, 6.07) is 8.78. The highest BCUT2D eigenvalue weighted by atomic mass is 17.2. The van der Waals surface area contributed by atoms with Gasteiger partial charge in [0, 0.05) is 26.2 Å². The standard InChI is InChI=1S/C32H48N2O5/c1-2-11-33-30(35)31-20-24-18-25(21-31)22-32(39-38-29(19-24)23-31)9-7-27(8-10-32)26-3-5-28(6-4-26)37-17-14-34-12-15-36-16-13-34/h3-6,24-25,27,29H,2,7-23H2,1H3,(H,33,35). The first-order valence-corrected chi connectivity index (χ1v) is 15.7. The molecule has 4 unspecified atom stereocenters. The molecule has 6 aliphatic rings. The number of fused-ring (bicyclic) bond motifs is 1. The van der Waals surface area contributed by atoms with Crippen LogP contribution in [0.5, 0.6) is 5.75 Å². The summed E-state index contributed by atoms with van der Waals surface area (Å²) in [6.45, 7) is 8.20. The van der Waals surface area contributed by atoms with Gasteiger partial charge in [0.15, 0.2) is 0 Å². The van der Waals surface area contributed by atoms with Crippen LogP contribution in [0.4, 0.5) is 0 Å². The van der Waals surface area contributed by atoms with Crippen LogP contribution in [-0.2, 0) is 19.3 Å². The van der Waals surface area contributed by atoms with Crippen LogP contribution in [0.25, 0.3) is 0 Å². The van der Waals surface area contributed by atoms with Crippen molar-refractivity contribution in [2.24, 2.45) is 17.3 Å². The fourth-order valence-corrected chi connectivity index (χ4v) is 8.45. The van der Waals surface area contributed by atoms with Crippen molar-refractivity contribution in [3.8, 4) is 5.75 Å². The number of rotatable bonds is 8. The molecule has 0 radical (unpaired) electrons. The molecule has 3 saturated heterocycles. The Bertz CT molecular complexity index is 956. The second-order valence-electron chi connectivity index (χ2n) is 13.2. The Morgan fingerprint density at radius 2 is 1.79 bits per heavy atom. The average Bonchev–Trinajstić information content (AvgIpc) is 3.03. The van der Waals surface area contributed by atoms with E-state index in [0.717, 1.165) is 109 Å². The van der Waals surface area contributed by atoms with Crippen molar-refractivity contribution in [2.45, 2.75) is 95.2 Å². The van der Waals surface area contributed by atoms with Gasteiger partial charge >= 0.3 is 0 Å². The van der Waals surface area contributed by atoms with Crippen LogP contribution in [0.3, 0.4) is 0 Å². The molecule has 1 N–H and O–H groups in total. The topological polar surface area (TPSA) is 69.3 Å². The van der Waals surface area contributed by atoms with Crippen LogP contribution < -0.4 is 10.1 Å². The van der Waals surface area contributed by atoms with E-state index in [4.69, 9.17) is 19.2 Å². The predicted octanol–water partition coefficient (Wildman–Crippen LogP) is 5.24. The highest BCUT2D eigenvalue weighted by molar-refractivity contribution is 5.83. The zero-order valence-electron chi connectivity index (χ0n) is 23.8. The minimum absolute atomic E-state index is 0.0422. The third kappa shape index (κ3) is 6.32. The van der Waals surface area contributed by atoms with Gasteiger partial charge in [0.1, 0.15) is 18.0 Å². The molecule has 1 amide bonds. The lowest BCUT2D eigenvalue weighted by molar-refractivity contribution is -0.395. The first kappa shape index (κ1) is 27.5. The van der Waals surface area contributed by atoms with Crippen LogP contribution in [-0.4, -0.2) is 68.5 Å². The van der Waals surface area contributed by atoms with Crippen LogP contribution in [0, 0.1) is 17.3 Å². The Kier molecular flexibility index (Phi) is 8.50. The maximum absolute atomic E-state index is 13.3. The van der Waals surface area contributed by atoms with Crippen molar-refractivity contribution in [1.82, 2.24) is 10.2 Å². The van der Waals surface area contributed by atoms with Crippen LogP contribution in [0.15, 0.2) is 24.3 Å². The molecule has 1 spiro atoms. The first-order chi connectivity index (χ1) is 19.0. The van der Waals surface area contributed by atoms with E-state index in [2.05, 4.69) is 41.4 Å². The van der Waals surface area contributed by atoms with Gasteiger partial charge < -0.3 is 14.8 Å². The van der Waals surface area contributed by atoms with Crippen molar-refractivity contribution in [2.75, 3.05) is 46.0 Å². The zero-order valence-corrected chi connectivity index (χ0v) is 23.8. The molecule has 3 aliphatic heterocycles. The zero-order chi connectivity index (χ0) is 26.7. The minimum atomic E-state index is -0.260.